The molecule has 0 heterocycles. The number of benzene rings is 2. The van der Waals surface area contributed by atoms with Crippen molar-refractivity contribution in [2.45, 2.75) is 6.61 Å². The van der Waals surface area contributed by atoms with E-state index in [1.54, 1.807) is 30.3 Å². The van der Waals surface area contributed by atoms with Crippen LogP contribution in [0.5, 0.6) is 5.75 Å². The van der Waals surface area contributed by atoms with Crippen molar-refractivity contribution < 1.29 is 14.6 Å². The van der Waals surface area contributed by atoms with Crippen LogP contribution in [0.15, 0.2) is 42.5 Å². The van der Waals surface area contributed by atoms with Crippen molar-refractivity contribution in [1.29, 1.82) is 0 Å². The second-order valence-corrected chi connectivity index (χ2v) is 5.55. The van der Waals surface area contributed by atoms with Crippen molar-refractivity contribution in [2.24, 2.45) is 0 Å². The fraction of sp³-hybridized carbons (Fsp3) is 0.0714. The Morgan fingerprint density at radius 3 is 2.74 bits per heavy atom. The van der Waals surface area contributed by atoms with Gasteiger partial charge in [0.2, 0.25) is 0 Å². The first-order valence-electron chi connectivity index (χ1n) is 5.46. The van der Waals surface area contributed by atoms with Crippen LogP contribution in [0.2, 0.25) is 5.02 Å². The lowest BCUT2D eigenvalue weighted by Crippen LogP contribution is -2.03. The van der Waals surface area contributed by atoms with E-state index in [1.165, 1.54) is 0 Å². The first-order valence-corrected chi connectivity index (χ1v) is 6.92. The summed E-state index contributed by atoms with van der Waals surface area (Å²) in [5.74, 6) is -0.646. The van der Waals surface area contributed by atoms with Gasteiger partial charge in [0.25, 0.3) is 0 Å². The molecule has 0 saturated carbocycles. The molecule has 0 unspecified atom stereocenters. The molecule has 0 radical (unpaired) electrons. The van der Waals surface area contributed by atoms with Gasteiger partial charge >= 0.3 is 5.97 Å². The monoisotopic (exact) mass is 388 g/mol. The Balaban J connectivity index is 2.17. The van der Waals surface area contributed by atoms with Crippen molar-refractivity contribution in [3.8, 4) is 5.75 Å². The lowest BCUT2D eigenvalue weighted by Gasteiger charge is -2.09. The Morgan fingerprint density at radius 1 is 1.26 bits per heavy atom. The molecule has 0 aromatic heterocycles. The Morgan fingerprint density at radius 2 is 2.05 bits per heavy atom. The largest absolute Gasteiger partial charge is 0.488 e. The molecular formula is C14H10ClIO3. The summed E-state index contributed by atoms with van der Waals surface area (Å²) in [5.41, 5.74) is 1.05. The highest BCUT2D eigenvalue weighted by molar-refractivity contribution is 14.1. The normalized spacial score (nSPS) is 10.2. The number of aromatic carboxylic acids is 1. The highest BCUT2D eigenvalue weighted by Crippen LogP contribution is 2.23. The minimum Gasteiger partial charge on any atom is -0.488 e. The zero-order valence-corrected chi connectivity index (χ0v) is 12.7. The number of hydrogen-bond acceptors (Lipinski definition) is 2. The molecule has 19 heavy (non-hydrogen) atoms. The van der Waals surface area contributed by atoms with Crippen molar-refractivity contribution in [2.75, 3.05) is 0 Å². The molecule has 0 atom stereocenters. The van der Waals surface area contributed by atoms with Crippen molar-refractivity contribution in [3.05, 3.63) is 62.2 Å². The highest BCUT2D eigenvalue weighted by atomic mass is 127. The predicted molar refractivity (Wildman–Crippen MR) is 81.9 cm³/mol. The van der Waals surface area contributed by atoms with E-state index in [9.17, 15) is 4.79 Å². The van der Waals surface area contributed by atoms with Gasteiger partial charge in [-0.05, 0) is 58.5 Å². The van der Waals surface area contributed by atoms with Crippen molar-refractivity contribution in [1.82, 2.24) is 0 Å². The summed E-state index contributed by atoms with van der Waals surface area (Å²) in [5, 5.41) is 9.75. The van der Waals surface area contributed by atoms with E-state index in [0.717, 1.165) is 9.13 Å². The molecule has 0 aliphatic rings. The summed E-state index contributed by atoms with van der Waals surface area (Å²) in [6.45, 7) is 0.279. The molecule has 1 N–H and O–H groups in total. The van der Waals surface area contributed by atoms with Gasteiger partial charge in [0.1, 0.15) is 17.9 Å². The van der Waals surface area contributed by atoms with Gasteiger partial charge in [-0.2, -0.15) is 0 Å². The summed E-state index contributed by atoms with van der Waals surface area (Å²) in [6, 6.07) is 12.3. The molecule has 0 amide bonds. The standard InChI is InChI=1S/C14H10ClIO3/c15-10-3-1-2-9(6-10)8-19-13-5-4-11(16)7-12(13)14(17)18/h1-7H,8H2,(H,17,18). The Bertz CT molecular complexity index is 613. The minimum atomic E-state index is -1.00. The third-order valence-electron chi connectivity index (χ3n) is 2.46. The van der Waals surface area contributed by atoms with E-state index in [2.05, 4.69) is 22.6 Å². The molecule has 2 aromatic rings. The maximum atomic E-state index is 11.1. The van der Waals surface area contributed by atoms with Crippen molar-refractivity contribution >= 4 is 40.2 Å². The average Bonchev–Trinajstić information content (AvgIpc) is 2.37. The van der Waals surface area contributed by atoms with Crippen LogP contribution in [0, 0.1) is 3.57 Å². The molecule has 0 aliphatic heterocycles. The average molecular weight is 389 g/mol. The molecule has 0 fully saturated rings. The molecule has 5 heteroatoms. The number of halogens is 2. The summed E-state index contributed by atoms with van der Waals surface area (Å²) in [4.78, 5) is 11.1. The zero-order valence-electron chi connectivity index (χ0n) is 9.77. The van der Waals surface area contributed by atoms with Gasteiger partial charge in [0.05, 0.1) is 0 Å². The molecule has 2 rings (SSSR count). The minimum absolute atomic E-state index is 0.161. The van der Waals surface area contributed by atoms with E-state index in [-0.39, 0.29) is 12.2 Å². The number of carboxylic acid groups (broad SMARTS) is 1. The Kier molecular flexibility index (Phi) is 4.66. The molecular weight excluding hydrogens is 379 g/mol. The van der Waals surface area contributed by atoms with Gasteiger partial charge in [-0.25, -0.2) is 4.79 Å². The summed E-state index contributed by atoms with van der Waals surface area (Å²) >= 11 is 7.94. The number of carboxylic acids is 1. The molecule has 2 aromatic carbocycles. The smallest absolute Gasteiger partial charge is 0.339 e. The maximum absolute atomic E-state index is 11.1. The van der Waals surface area contributed by atoms with Gasteiger partial charge in [0, 0.05) is 8.59 Å². The third kappa shape index (κ3) is 3.84. The highest BCUT2D eigenvalue weighted by Gasteiger charge is 2.11. The number of ether oxygens (including phenoxy) is 1. The second-order valence-electron chi connectivity index (χ2n) is 3.86. The lowest BCUT2D eigenvalue weighted by atomic mass is 10.2. The van der Waals surface area contributed by atoms with Crippen LogP contribution >= 0.6 is 34.2 Å². The van der Waals surface area contributed by atoms with Crippen LogP contribution in [0.4, 0.5) is 0 Å². The van der Waals surface area contributed by atoms with Gasteiger partial charge in [-0.3, -0.25) is 0 Å². The molecule has 0 aliphatic carbocycles. The van der Waals surface area contributed by atoms with Crippen LogP contribution < -0.4 is 4.74 Å². The van der Waals surface area contributed by atoms with Crippen LogP contribution in [0.25, 0.3) is 0 Å². The number of rotatable bonds is 4. The van der Waals surface area contributed by atoms with Crippen LogP contribution in [-0.4, -0.2) is 11.1 Å². The first-order chi connectivity index (χ1) is 9.06. The van der Waals surface area contributed by atoms with E-state index in [1.807, 2.05) is 12.1 Å². The molecule has 0 spiro atoms. The molecule has 0 saturated heterocycles. The predicted octanol–water partition coefficient (Wildman–Crippen LogP) is 4.22. The van der Waals surface area contributed by atoms with E-state index in [0.29, 0.717) is 10.8 Å². The van der Waals surface area contributed by atoms with Crippen LogP contribution in [0.3, 0.4) is 0 Å². The van der Waals surface area contributed by atoms with Crippen molar-refractivity contribution in [3.63, 3.8) is 0 Å². The van der Waals surface area contributed by atoms with Gasteiger partial charge in [0.15, 0.2) is 0 Å². The van der Waals surface area contributed by atoms with Gasteiger partial charge in [-0.1, -0.05) is 23.7 Å². The lowest BCUT2D eigenvalue weighted by molar-refractivity contribution is 0.0691. The summed E-state index contributed by atoms with van der Waals surface area (Å²) in [7, 11) is 0. The molecule has 98 valence electrons. The summed E-state index contributed by atoms with van der Waals surface area (Å²) < 4.78 is 6.40. The topological polar surface area (TPSA) is 46.5 Å². The van der Waals surface area contributed by atoms with E-state index >= 15 is 0 Å². The second kappa shape index (κ2) is 6.25. The fourth-order valence-corrected chi connectivity index (χ4v) is 2.29. The fourth-order valence-electron chi connectivity index (χ4n) is 1.58. The van der Waals surface area contributed by atoms with Gasteiger partial charge < -0.3 is 9.84 Å². The Hall–Kier alpha value is -1.27. The number of carbonyl (C=O) groups is 1. The zero-order chi connectivity index (χ0) is 13.8. The summed E-state index contributed by atoms with van der Waals surface area (Å²) in [6.07, 6.45) is 0. The molecule has 3 nitrogen and oxygen atoms in total. The Labute approximate surface area is 129 Å². The van der Waals surface area contributed by atoms with Gasteiger partial charge in [-0.15, -0.1) is 0 Å². The maximum Gasteiger partial charge on any atom is 0.339 e. The van der Waals surface area contributed by atoms with E-state index < -0.39 is 5.97 Å². The third-order valence-corrected chi connectivity index (χ3v) is 3.36. The quantitative estimate of drug-likeness (QED) is 0.798. The van der Waals surface area contributed by atoms with E-state index in [4.69, 9.17) is 21.4 Å². The van der Waals surface area contributed by atoms with Crippen LogP contribution in [0.1, 0.15) is 15.9 Å². The number of hydrogen-bond donors (Lipinski definition) is 1. The molecule has 0 bridgehead atoms. The SMILES string of the molecule is O=C(O)c1cc(I)ccc1OCc1cccc(Cl)c1. The first kappa shape index (κ1) is 14.1. The van der Waals surface area contributed by atoms with Crippen LogP contribution in [-0.2, 0) is 6.61 Å².